The van der Waals surface area contributed by atoms with E-state index >= 15 is 0 Å². The van der Waals surface area contributed by atoms with Crippen LogP contribution in [0.5, 0.6) is 0 Å². The smallest absolute Gasteiger partial charge is 0.305 e. The number of hydrogen-bond donors (Lipinski definition) is 2. The van der Waals surface area contributed by atoms with Gasteiger partial charge in [-0.25, -0.2) is 4.98 Å². The van der Waals surface area contributed by atoms with Gasteiger partial charge in [-0.1, -0.05) is 20.8 Å². The molecule has 2 aliphatic heterocycles. The van der Waals surface area contributed by atoms with Crippen molar-refractivity contribution < 1.29 is 14.3 Å². The quantitative estimate of drug-likeness (QED) is 0.333. The Morgan fingerprint density at radius 2 is 1.76 bits per heavy atom. The van der Waals surface area contributed by atoms with Gasteiger partial charge in [-0.15, -0.1) is 0 Å². The van der Waals surface area contributed by atoms with Gasteiger partial charge in [0.1, 0.15) is 5.69 Å². The number of aryl methyl sites for hydroxylation is 5. The number of fused-ring (bicyclic) bond motifs is 8. The van der Waals surface area contributed by atoms with E-state index < -0.39 is 5.41 Å². The van der Waals surface area contributed by atoms with Crippen LogP contribution in [0.15, 0.2) is 18.2 Å². The fraction of sp³-hybridized carbons (Fsp3) is 0.471. The maximum absolute atomic E-state index is 13.8. The Hall–Kier alpha value is -3.74. The van der Waals surface area contributed by atoms with Gasteiger partial charge < -0.3 is 14.7 Å². The van der Waals surface area contributed by atoms with Crippen LogP contribution in [0.1, 0.15) is 114 Å². The van der Waals surface area contributed by atoms with Gasteiger partial charge >= 0.3 is 5.97 Å². The van der Waals surface area contributed by atoms with Crippen LogP contribution < -0.4 is 0 Å². The average Bonchev–Trinajstić information content (AvgIpc) is 3.72. The molecule has 7 nitrogen and oxygen atoms in total. The topological polar surface area (TPSA) is 101 Å². The molecule has 0 amide bonds. The summed E-state index contributed by atoms with van der Waals surface area (Å²) in [5.74, 6) is 0.142. The van der Waals surface area contributed by atoms with Gasteiger partial charge in [0, 0.05) is 51.7 Å². The minimum atomic E-state index is -0.672. The predicted octanol–water partition coefficient (Wildman–Crippen LogP) is 6.98. The van der Waals surface area contributed by atoms with Crippen LogP contribution in [-0.4, -0.2) is 38.8 Å². The second-order valence-electron chi connectivity index (χ2n) is 12.2. The van der Waals surface area contributed by atoms with Gasteiger partial charge in [-0.3, -0.25) is 14.6 Å². The fourth-order valence-electron chi connectivity index (χ4n) is 7.14. The number of esters is 1. The van der Waals surface area contributed by atoms with Crippen LogP contribution in [0.25, 0.3) is 22.1 Å². The Morgan fingerprint density at radius 1 is 1.02 bits per heavy atom. The van der Waals surface area contributed by atoms with Crippen molar-refractivity contribution in [1.82, 2.24) is 19.9 Å². The molecule has 41 heavy (non-hydrogen) atoms. The summed E-state index contributed by atoms with van der Waals surface area (Å²) in [6.07, 6.45) is 4.41. The van der Waals surface area contributed by atoms with Crippen LogP contribution in [0, 0.1) is 13.8 Å². The maximum atomic E-state index is 13.8. The summed E-state index contributed by atoms with van der Waals surface area (Å²) in [6.45, 7) is 12.7. The number of methoxy groups -OCH3 is 1. The second kappa shape index (κ2) is 9.97. The number of ketones is 1. The van der Waals surface area contributed by atoms with Crippen molar-refractivity contribution >= 4 is 33.8 Å². The predicted molar refractivity (Wildman–Crippen MR) is 162 cm³/mol. The van der Waals surface area contributed by atoms with Crippen molar-refractivity contribution in [2.75, 3.05) is 7.11 Å². The minimum Gasteiger partial charge on any atom is -0.469 e. The monoisotopic (exact) mass is 552 g/mol. The molecule has 8 bridgehead atoms. The first-order valence-electron chi connectivity index (χ1n) is 15.0. The molecule has 0 radical (unpaired) electrons. The fourth-order valence-corrected chi connectivity index (χ4v) is 7.14. The van der Waals surface area contributed by atoms with Crippen molar-refractivity contribution in [3.05, 3.63) is 68.8 Å². The van der Waals surface area contributed by atoms with Crippen LogP contribution in [0.3, 0.4) is 0 Å². The van der Waals surface area contributed by atoms with Gasteiger partial charge in [0.05, 0.1) is 18.2 Å². The SMILES string of the molecule is CCc1c(C)c2cc3nc(c4c5[nH]c(cc6nc(cc1[nH]2)C(C)(CC)C6=O)c(C)c5CC4)[C@@H](CCC(=O)OC)[C@@H]3C. The number of Topliss-reactive ketones (excluding diaryl/α,β-unsaturated/α-hetero) is 1. The van der Waals surface area contributed by atoms with E-state index in [0.717, 1.165) is 64.0 Å². The first-order chi connectivity index (χ1) is 19.6. The van der Waals surface area contributed by atoms with Crippen LogP contribution in [0.2, 0.25) is 0 Å². The lowest BCUT2D eigenvalue weighted by molar-refractivity contribution is -0.140. The zero-order valence-corrected chi connectivity index (χ0v) is 25.2. The molecular weight excluding hydrogens is 512 g/mol. The number of carbonyl (C=O) groups is 2. The van der Waals surface area contributed by atoms with Crippen molar-refractivity contribution in [2.45, 2.75) is 97.3 Å². The largest absolute Gasteiger partial charge is 0.469 e. The van der Waals surface area contributed by atoms with Crippen LogP contribution >= 0.6 is 0 Å². The van der Waals surface area contributed by atoms with E-state index in [9.17, 15) is 9.59 Å². The Labute approximate surface area is 241 Å². The number of hydrogen-bond acceptors (Lipinski definition) is 5. The first-order valence-corrected chi connectivity index (χ1v) is 15.0. The van der Waals surface area contributed by atoms with Crippen molar-refractivity contribution in [3.63, 3.8) is 0 Å². The Morgan fingerprint density at radius 3 is 2.46 bits per heavy atom. The van der Waals surface area contributed by atoms with Crippen molar-refractivity contribution in [3.8, 4) is 0 Å². The maximum Gasteiger partial charge on any atom is 0.305 e. The summed E-state index contributed by atoms with van der Waals surface area (Å²) in [7, 11) is 1.45. The van der Waals surface area contributed by atoms with Crippen molar-refractivity contribution in [1.29, 1.82) is 0 Å². The standard InChI is InChI=1S/C34H40N4O3/c1-8-20-17(3)24-14-25-19(5)22(12-13-30(39)41-7)32(37-25)23-11-10-21-18(4)26(38-31(21)23)15-28-33(40)34(6,9-2)29(36-28)16-27(20)35-24/h14-16,19,22,35,38H,8-13H2,1-7H3/t19-,22-,34?/m0/s1. The van der Waals surface area contributed by atoms with Crippen LogP contribution in [-0.2, 0) is 34.2 Å². The van der Waals surface area contributed by atoms with Gasteiger partial charge in [-0.2, -0.15) is 0 Å². The van der Waals surface area contributed by atoms with E-state index in [4.69, 9.17) is 14.7 Å². The third-order valence-corrected chi connectivity index (χ3v) is 10.1. The third kappa shape index (κ3) is 4.15. The molecule has 214 valence electrons. The average molecular weight is 553 g/mol. The van der Waals surface area contributed by atoms with E-state index in [2.05, 4.69) is 56.7 Å². The zero-order valence-electron chi connectivity index (χ0n) is 25.2. The summed E-state index contributed by atoms with van der Waals surface area (Å²) in [4.78, 5) is 43.6. The molecule has 0 saturated carbocycles. The molecule has 3 aliphatic rings. The molecule has 3 aromatic rings. The molecule has 0 saturated heterocycles. The van der Waals surface area contributed by atoms with E-state index in [1.54, 1.807) is 0 Å². The van der Waals surface area contributed by atoms with Gasteiger partial charge in [0.15, 0.2) is 5.78 Å². The molecule has 1 unspecified atom stereocenters. The van der Waals surface area contributed by atoms with Gasteiger partial charge in [-0.05, 0) is 98.9 Å². The highest BCUT2D eigenvalue weighted by Gasteiger charge is 2.41. The minimum absolute atomic E-state index is 0.0673. The highest BCUT2D eigenvalue weighted by atomic mass is 16.5. The van der Waals surface area contributed by atoms with E-state index in [0.29, 0.717) is 25.0 Å². The number of aromatic amines is 2. The van der Waals surface area contributed by atoms with E-state index in [-0.39, 0.29) is 23.6 Å². The number of nitrogens with one attached hydrogen (secondary N) is 2. The van der Waals surface area contributed by atoms with Crippen molar-refractivity contribution in [2.24, 2.45) is 0 Å². The molecular formula is C34H40N4O3. The lowest BCUT2D eigenvalue weighted by atomic mass is 9.80. The normalized spacial score (nSPS) is 21.5. The molecule has 2 N–H and O–H groups in total. The molecule has 6 rings (SSSR count). The highest BCUT2D eigenvalue weighted by Crippen LogP contribution is 2.44. The number of nitrogens with zero attached hydrogens (tertiary/aromatic N) is 2. The molecule has 5 heterocycles. The van der Waals surface area contributed by atoms with Gasteiger partial charge in [0.25, 0.3) is 0 Å². The lowest BCUT2D eigenvalue weighted by Crippen LogP contribution is -2.27. The molecule has 7 heteroatoms. The summed E-state index contributed by atoms with van der Waals surface area (Å²) < 4.78 is 4.99. The molecule has 1 aliphatic carbocycles. The third-order valence-electron chi connectivity index (χ3n) is 10.1. The van der Waals surface area contributed by atoms with Gasteiger partial charge in [0.2, 0.25) is 0 Å². The molecule has 0 spiro atoms. The highest BCUT2D eigenvalue weighted by molar-refractivity contribution is 6.05. The number of rotatable bonds is 5. The lowest BCUT2D eigenvalue weighted by Gasteiger charge is -2.19. The summed E-state index contributed by atoms with van der Waals surface area (Å²) >= 11 is 0. The summed E-state index contributed by atoms with van der Waals surface area (Å²) in [5, 5.41) is 0. The molecule has 3 atom stereocenters. The number of ether oxygens (including phenoxy) is 1. The van der Waals surface area contributed by atoms with Crippen LogP contribution in [0.4, 0.5) is 0 Å². The first kappa shape index (κ1) is 27.4. The summed E-state index contributed by atoms with van der Waals surface area (Å²) in [6, 6.07) is 6.22. The molecule has 3 aromatic heterocycles. The van der Waals surface area contributed by atoms with E-state index in [1.165, 1.54) is 29.4 Å². The molecule has 0 fully saturated rings. The summed E-state index contributed by atoms with van der Waals surface area (Å²) in [5.41, 5.74) is 12.9. The number of carbonyl (C=O) groups excluding carboxylic acids is 2. The second-order valence-corrected chi connectivity index (χ2v) is 12.2. The Balaban J connectivity index is 1.72. The Kier molecular flexibility index (Phi) is 6.67. The zero-order chi connectivity index (χ0) is 29.2. The Bertz CT molecular complexity index is 1760. The molecule has 0 aromatic carbocycles. The van der Waals surface area contributed by atoms with E-state index in [1.807, 2.05) is 13.0 Å². The number of H-pyrrole nitrogens is 2. The number of aromatic nitrogens is 4.